The molecule has 2 aromatic carbocycles. The molecule has 0 bridgehead atoms. The molecular weight excluding hydrogens is 338 g/mol. The number of hydrogen-bond donors (Lipinski definition) is 1. The lowest BCUT2D eigenvalue weighted by Gasteiger charge is -2.18. The molecule has 3 nitrogen and oxygen atoms in total. The number of amides is 1. The highest BCUT2D eigenvalue weighted by Crippen LogP contribution is 2.40. The minimum Gasteiger partial charge on any atom is -0.508 e. The summed E-state index contributed by atoms with van der Waals surface area (Å²) in [4.78, 5) is 15.2. The van der Waals surface area contributed by atoms with Gasteiger partial charge in [0.15, 0.2) is 4.32 Å². The summed E-state index contributed by atoms with van der Waals surface area (Å²) in [5.74, 6) is 0.118. The zero-order valence-corrected chi connectivity index (χ0v) is 15.1. The number of allylic oxidation sites excluding steroid dienone is 1. The summed E-state index contributed by atoms with van der Waals surface area (Å²) in [5.41, 5.74) is 3.72. The Bertz CT molecular complexity index is 841. The first kappa shape index (κ1) is 16.7. The monoisotopic (exact) mass is 355 g/mol. The fourth-order valence-electron chi connectivity index (χ4n) is 2.68. The first-order chi connectivity index (χ1) is 11.5. The van der Waals surface area contributed by atoms with Crippen LogP contribution in [0.3, 0.4) is 0 Å². The van der Waals surface area contributed by atoms with Gasteiger partial charge in [-0.05, 0) is 48.2 Å². The molecule has 5 heteroatoms. The topological polar surface area (TPSA) is 40.5 Å². The van der Waals surface area contributed by atoms with E-state index < -0.39 is 0 Å². The molecule has 0 aliphatic carbocycles. The van der Waals surface area contributed by atoms with Gasteiger partial charge in [-0.25, -0.2) is 0 Å². The van der Waals surface area contributed by atoms with Crippen molar-refractivity contribution in [2.24, 2.45) is 0 Å². The maximum absolute atomic E-state index is 13.0. The Labute approximate surface area is 151 Å². The Kier molecular flexibility index (Phi) is 4.73. The fourth-order valence-corrected chi connectivity index (χ4v) is 4.00. The second-order valence-electron chi connectivity index (χ2n) is 5.49. The summed E-state index contributed by atoms with van der Waals surface area (Å²) in [6.45, 7) is 3.97. The van der Waals surface area contributed by atoms with Crippen molar-refractivity contribution in [2.45, 2.75) is 20.3 Å². The van der Waals surface area contributed by atoms with E-state index in [0.717, 1.165) is 28.8 Å². The number of phenolic OH excluding ortho intramolecular Hbond substituents is 1. The standard InChI is InChI=1S/C19H17NO2S2/c1-3-13-6-4-5-7-16(13)20-18(22)17(24-19(20)23)12(2)14-8-10-15(21)11-9-14/h4-11,21H,3H2,1-2H3/b17-12-. The molecule has 0 aromatic heterocycles. The van der Waals surface area contributed by atoms with Gasteiger partial charge >= 0.3 is 0 Å². The molecule has 2 aromatic rings. The zero-order chi connectivity index (χ0) is 17.3. The third-order valence-electron chi connectivity index (χ3n) is 4.02. The van der Waals surface area contributed by atoms with Gasteiger partial charge in [0.25, 0.3) is 5.91 Å². The Balaban J connectivity index is 2.03. The maximum atomic E-state index is 13.0. The summed E-state index contributed by atoms with van der Waals surface area (Å²) >= 11 is 6.80. The largest absolute Gasteiger partial charge is 0.508 e. The molecule has 0 unspecified atom stereocenters. The summed E-state index contributed by atoms with van der Waals surface area (Å²) in [6, 6.07) is 14.7. The number of thioether (sulfide) groups is 1. The van der Waals surface area contributed by atoms with E-state index in [9.17, 15) is 9.90 Å². The van der Waals surface area contributed by atoms with Gasteiger partial charge in [0.1, 0.15) is 5.75 Å². The molecule has 1 aliphatic rings. The van der Waals surface area contributed by atoms with Gasteiger partial charge < -0.3 is 5.11 Å². The van der Waals surface area contributed by atoms with Gasteiger partial charge in [0, 0.05) is 0 Å². The normalized spacial score (nSPS) is 16.7. The van der Waals surface area contributed by atoms with Crippen molar-refractivity contribution < 1.29 is 9.90 Å². The molecule has 1 saturated heterocycles. The second kappa shape index (κ2) is 6.79. The van der Waals surface area contributed by atoms with Crippen LogP contribution in [0, 0.1) is 0 Å². The number of para-hydroxylation sites is 1. The summed E-state index contributed by atoms with van der Waals surface area (Å²) in [6.07, 6.45) is 0.837. The van der Waals surface area contributed by atoms with E-state index in [2.05, 4.69) is 6.92 Å². The molecule has 1 amide bonds. The van der Waals surface area contributed by atoms with Gasteiger partial charge in [-0.1, -0.05) is 61.2 Å². The summed E-state index contributed by atoms with van der Waals surface area (Å²) < 4.78 is 0.550. The highest BCUT2D eigenvalue weighted by atomic mass is 32.2. The maximum Gasteiger partial charge on any atom is 0.271 e. The average Bonchev–Trinajstić information content (AvgIpc) is 2.89. The van der Waals surface area contributed by atoms with Gasteiger partial charge in [0.05, 0.1) is 10.6 Å². The first-order valence-electron chi connectivity index (χ1n) is 7.67. The van der Waals surface area contributed by atoms with Crippen LogP contribution in [0.1, 0.15) is 25.0 Å². The van der Waals surface area contributed by atoms with Crippen LogP contribution in [0.25, 0.3) is 5.57 Å². The molecule has 1 N–H and O–H groups in total. The highest BCUT2D eigenvalue weighted by molar-refractivity contribution is 8.27. The molecule has 1 aliphatic heterocycles. The molecule has 0 atom stereocenters. The van der Waals surface area contributed by atoms with Crippen molar-refractivity contribution in [3.05, 3.63) is 64.6 Å². The second-order valence-corrected chi connectivity index (χ2v) is 7.14. The first-order valence-corrected chi connectivity index (χ1v) is 8.90. The van der Waals surface area contributed by atoms with Crippen molar-refractivity contribution in [2.75, 3.05) is 4.90 Å². The Hall–Kier alpha value is -2.11. The van der Waals surface area contributed by atoms with Crippen LogP contribution in [0.5, 0.6) is 5.75 Å². The summed E-state index contributed by atoms with van der Waals surface area (Å²) in [7, 11) is 0. The van der Waals surface area contributed by atoms with Crippen LogP contribution in [-0.4, -0.2) is 15.3 Å². The fraction of sp³-hybridized carbons (Fsp3) is 0.158. The number of rotatable bonds is 3. The minimum atomic E-state index is -0.0866. The quantitative estimate of drug-likeness (QED) is 0.637. The lowest BCUT2D eigenvalue weighted by atomic mass is 10.1. The van der Waals surface area contributed by atoms with Crippen LogP contribution in [0.4, 0.5) is 5.69 Å². The predicted molar refractivity (Wildman–Crippen MR) is 104 cm³/mol. The van der Waals surface area contributed by atoms with Crippen LogP contribution in [-0.2, 0) is 11.2 Å². The SMILES string of the molecule is CCc1ccccc1N1C(=O)/C(=C(\C)c2ccc(O)cc2)SC1=S. The third-order valence-corrected chi connectivity index (χ3v) is 5.50. The summed E-state index contributed by atoms with van der Waals surface area (Å²) in [5, 5.41) is 9.43. The number of carbonyl (C=O) groups is 1. The Morgan fingerprint density at radius 2 is 1.83 bits per heavy atom. The number of nitrogens with zero attached hydrogens (tertiary/aromatic N) is 1. The van der Waals surface area contributed by atoms with Crippen LogP contribution in [0.15, 0.2) is 53.4 Å². The number of benzene rings is 2. The van der Waals surface area contributed by atoms with Crippen molar-refractivity contribution in [1.29, 1.82) is 0 Å². The minimum absolute atomic E-state index is 0.0866. The number of aromatic hydroxyl groups is 1. The molecule has 1 fully saturated rings. The van der Waals surface area contributed by atoms with E-state index in [1.165, 1.54) is 11.8 Å². The van der Waals surface area contributed by atoms with Gasteiger partial charge in [0.2, 0.25) is 0 Å². The van der Waals surface area contributed by atoms with Crippen molar-refractivity contribution in [3.8, 4) is 5.75 Å². The lowest BCUT2D eigenvalue weighted by Crippen LogP contribution is -2.28. The third kappa shape index (κ3) is 2.97. The predicted octanol–water partition coefficient (Wildman–Crippen LogP) is 4.75. The number of hydrogen-bond acceptors (Lipinski definition) is 4. The van der Waals surface area contributed by atoms with Crippen molar-refractivity contribution >= 4 is 45.5 Å². The number of phenols is 1. The highest BCUT2D eigenvalue weighted by Gasteiger charge is 2.35. The van der Waals surface area contributed by atoms with Crippen molar-refractivity contribution in [3.63, 3.8) is 0 Å². The Morgan fingerprint density at radius 1 is 1.17 bits per heavy atom. The molecule has 3 rings (SSSR count). The van der Waals surface area contributed by atoms with Gasteiger partial charge in [-0.15, -0.1) is 0 Å². The number of carbonyl (C=O) groups excluding carboxylic acids is 1. The van der Waals surface area contributed by atoms with E-state index in [1.54, 1.807) is 29.2 Å². The van der Waals surface area contributed by atoms with Crippen LogP contribution >= 0.6 is 24.0 Å². The van der Waals surface area contributed by atoms with Gasteiger partial charge in [-0.2, -0.15) is 0 Å². The molecule has 0 saturated carbocycles. The van der Waals surface area contributed by atoms with E-state index in [4.69, 9.17) is 12.2 Å². The molecular formula is C19H17NO2S2. The van der Waals surface area contributed by atoms with Gasteiger partial charge in [-0.3, -0.25) is 9.69 Å². The molecule has 122 valence electrons. The van der Waals surface area contributed by atoms with E-state index in [1.807, 2.05) is 31.2 Å². The van der Waals surface area contributed by atoms with Crippen molar-refractivity contribution in [1.82, 2.24) is 0 Å². The molecule has 1 heterocycles. The van der Waals surface area contributed by atoms with Crippen LogP contribution in [0.2, 0.25) is 0 Å². The zero-order valence-electron chi connectivity index (χ0n) is 13.4. The molecule has 0 spiro atoms. The number of thiocarbonyl (C=S) groups is 1. The van der Waals surface area contributed by atoms with E-state index in [-0.39, 0.29) is 11.7 Å². The smallest absolute Gasteiger partial charge is 0.271 e. The van der Waals surface area contributed by atoms with E-state index >= 15 is 0 Å². The van der Waals surface area contributed by atoms with Crippen LogP contribution < -0.4 is 4.90 Å². The lowest BCUT2D eigenvalue weighted by molar-refractivity contribution is -0.113. The Morgan fingerprint density at radius 3 is 2.50 bits per heavy atom. The molecule has 0 radical (unpaired) electrons. The van der Waals surface area contributed by atoms with E-state index in [0.29, 0.717) is 9.23 Å². The number of aryl methyl sites for hydroxylation is 1. The number of anilines is 1. The molecule has 24 heavy (non-hydrogen) atoms. The average molecular weight is 355 g/mol.